The molecule has 0 bridgehead atoms. The smallest absolute Gasteiger partial charge is 0.0805 e. The van der Waals surface area contributed by atoms with E-state index in [1.807, 2.05) is 42.5 Å². The van der Waals surface area contributed by atoms with E-state index in [4.69, 9.17) is 6.42 Å². The molecule has 16 heavy (non-hydrogen) atoms. The molecule has 2 aromatic carbocycles. The van der Waals surface area contributed by atoms with Crippen molar-refractivity contribution in [3.05, 3.63) is 48.0 Å². The van der Waals surface area contributed by atoms with Gasteiger partial charge in [0.15, 0.2) is 0 Å². The number of terminal acetylenes is 1. The van der Waals surface area contributed by atoms with Crippen molar-refractivity contribution >= 4 is 10.8 Å². The molecule has 0 heterocycles. The van der Waals surface area contributed by atoms with Crippen LogP contribution in [-0.2, 0) is 0 Å². The Morgan fingerprint density at radius 2 is 1.88 bits per heavy atom. The van der Waals surface area contributed by atoms with Gasteiger partial charge in [-0.2, -0.15) is 0 Å². The number of benzene rings is 2. The van der Waals surface area contributed by atoms with Crippen LogP contribution < -0.4 is 0 Å². The highest BCUT2D eigenvalue weighted by Gasteiger charge is 2.09. The Balaban J connectivity index is 2.40. The third-order valence-corrected chi connectivity index (χ3v) is 2.74. The van der Waals surface area contributed by atoms with Gasteiger partial charge in [-0.25, -0.2) is 0 Å². The fraction of sp³-hybridized carbons (Fsp3) is 0.200. The largest absolute Gasteiger partial charge is 0.388 e. The molecular formula is C15H14O. The zero-order valence-electron chi connectivity index (χ0n) is 9.06. The van der Waals surface area contributed by atoms with Crippen LogP contribution in [0.4, 0.5) is 0 Å². The molecular weight excluding hydrogens is 196 g/mol. The van der Waals surface area contributed by atoms with Crippen LogP contribution in [0.1, 0.15) is 24.5 Å². The average molecular weight is 210 g/mol. The molecule has 0 amide bonds. The molecule has 1 N–H and O–H groups in total. The van der Waals surface area contributed by atoms with Gasteiger partial charge in [-0.15, -0.1) is 12.3 Å². The Morgan fingerprint density at radius 1 is 1.12 bits per heavy atom. The van der Waals surface area contributed by atoms with E-state index in [1.54, 1.807) is 0 Å². The SMILES string of the molecule is C#CCCC(O)c1cccc2ccccc12. The number of hydrogen-bond acceptors (Lipinski definition) is 1. The van der Waals surface area contributed by atoms with Crippen LogP contribution in [0.3, 0.4) is 0 Å². The lowest BCUT2D eigenvalue weighted by Crippen LogP contribution is -1.97. The zero-order valence-corrected chi connectivity index (χ0v) is 9.06. The topological polar surface area (TPSA) is 20.2 Å². The van der Waals surface area contributed by atoms with Crippen molar-refractivity contribution in [1.82, 2.24) is 0 Å². The van der Waals surface area contributed by atoms with Crippen LogP contribution in [0.25, 0.3) is 10.8 Å². The second-order valence-electron chi connectivity index (χ2n) is 3.83. The minimum atomic E-state index is -0.470. The molecule has 1 nitrogen and oxygen atoms in total. The first-order valence-corrected chi connectivity index (χ1v) is 5.42. The molecule has 0 radical (unpaired) electrons. The molecule has 2 aromatic rings. The van der Waals surface area contributed by atoms with E-state index in [0.717, 1.165) is 16.3 Å². The van der Waals surface area contributed by atoms with Crippen molar-refractivity contribution in [3.8, 4) is 12.3 Å². The van der Waals surface area contributed by atoms with E-state index in [9.17, 15) is 5.11 Å². The Bertz CT molecular complexity index is 517. The van der Waals surface area contributed by atoms with E-state index >= 15 is 0 Å². The molecule has 0 aliphatic carbocycles. The summed E-state index contributed by atoms with van der Waals surface area (Å²) in [7, 11) is 0. The number of fused-ring (bicyclic) bond motifs is 1. The normalized spacial score (nSPS) is 12.2. The molecule has 1 atom stereocenters. The van der Waals surface area contributed by atoms with Crippen LogP contribution in [0, 0.1) is 12.3 Å². The predicted molar refractivity (Wildman–Crippen MR) is 67.0 cm³/mol. The summed E-state index contributed by atoms with van der Waals surface area (Å²) in [5.74, 6) is 2.56. The standard InChI is InChI=1S/C15H14O/c1-2-3-11-15(16)14-10-6-8-12-7-4-5-9-13(12)14/h1,4-10,15-16H,3,11H2. The van der Waals surface area contributed by atoms with Crippen LogP contribution >= 0.6 is 0 Å². The molecule has 0 aliphatic heterocycles. The third-order valence-electron chi connectivity index (χ3n) is 2.74. The molecule has 0 saturated heterocycles. The highest BCUT2D eigenvalue weighted by molar-refractivity contribution is 5.85. The number of aliphatic hydroxyl groups is 1. The molecule has 2 rings (SSSR count). The quantitative estimate of drug-likeness (QED) is 0.771. The van der Waals surface area contributed by atoms with Crippen molar-refractivity contribution in [1.29, 1.82) is 0 Å². The Labute approximate surface area is 95.7 Å². The first-order valence-electron chi connectivity index (χ1n) is 5.42. The monoisotopic (exact) mass is 210 g/mol. The van der Waals surface area contributed by atoms with Crippen LogP contribution in [0.5, 0.6) is 0 Å². The van der Waals surface area contributed by atoms with Gasteiger partial charge in [-0.1, -0.05) is 42.5 Å². The van der Waals surface area contributed by atoms with Crippen molar-refractivity contribution in [2.24, 2.45) is 0 Å². The van der Waals surface area contributed by atoms with Gasteiger partial charge in [0.05, 0.1) is 6.10 Å². The van der Waals surface area contributed by atoms with E-state index in [1.165, 1.54) is 0 Å². The molecule has 1 heteroatoms. The van der Waals surface area contributed by atoms with Gasteiger partial charge >= 0.3 is 0 Å². The van der Waals surface area contributed by atoms with Gasteiger partial charge in [0.25, 0.3) is 0 Å². The van der Waals surface area contributed by atoms with Gasteiger partial charge in [0, 0.05) is 6.42 Å². The summed E-state index contributed by atoms with van der Waals surface area (Å²) in [6.45, 7) is 0. The van der Waals surface area contributed by atoms with Gasteiger partial charge in [-0.3, -0.25) is 0 Å². The summed E-state index contributed by atoms with van der Waals surface area (Å²) in [4.78, 5) is 0. The minimum absolute atomic E-state index is 0.470. The number of aliphatic hydroxyl groups excluding tert-OH is 1. The highest BCUT2D eigenvalue weighted by atomic mass is 16.3. The van der Waals surface area contributed by atoms with E-state index in [-0.39, 0.29) is 0 Å². The molecule has 0 aliphatic rings. The lowest BCUT2D eigenvalue weighted by Gasteiger charge is -2.12. The van der Waals surface area contributed by atoms with Crippen molar-refractivity contribution in [2.45, 2.75) is 18.9 Å². The molecule has 1 unspecified atom stereocenters. The van der Waals surface area contributed by atoms with Crippen molar-refractivity contribution < 1.29 is 5.11 Å². The van der Waals surface area contributed by atoms with Gasteiger partial charge in [-0.05, 0) is 22.8 Å². The molecule has 0 aromatic heterocycles. The van der Waals surface area contributed by atoms with Crippen molar-refractivity contribution in [2.75, 3.05) is 0 Å². The maximum atomic E-state index is 10.1. The Kier molecular flexibility index (Phi) is 3.24. The molecule has 0 fully saturated rings. The Morgan fingerprint density at radius 3 is 2.69 bits per heavy atom. The fourth-order valence-corrected chi connectivity index (χ4v) is 1.92. The van der Waals surface area contributed by atoms with E-state index in [0.29, 0.717) is 12.8 Å². The summed E-state index contributed by atoms with van der Waals surface area (Å²) in [6.07, 6.45) is 5.95. The number of rotatable bonds is 3. The maximum Gasteiger partial charge on any atom is 0.0805 e. The van der Waals surface area contributed by atoms with Crippen molar-refractivity contribution in [3.63, 3.8) is 0 Å². The Hall–Kier alpha value is -1.78. The molecule has 0 saturated carbocycles. The fourth-order valence-electron chi connectivity index (χ4n) is 1.92. The summed E-state index contributed by atoms with van der Waals surface area (Å²) in [6, 6.07) is 14.0. The van der Waals surface area contributed by atoms with E-state index < -0.39 is 6.10 Å². The molecule has 0 spiro atoms. The van der Waals surface area contributed by atoms with Gasteiger partial charge in [0.2, 0.25) is 0 Å². The van der Waals surface area contributed by atoms with Crippen LogP contribution in [-0.4, -0.2) is 5.11 Å². The minimum Gasteiger partial charge on any atom is -0.388 e. The summed E-state index contributed by atoms with van der Waals surface area (Å²) in [5, 5.41) is 12.3. The summed E-state index contributed by atoms with van der Waals surface area (Å²) >= 11 is 0. The first-order chi connectivity index (χ1) is 7.83. The second kappa shape index (κ2) is 4.83. The van der Waals surface area contributed by atoms with Crippen LogP contribution in [0.2, 0.25) is 0 Å². The summed E-state index contributed by atoms with van der Waals surface area (Å²) in [5.41, 5.74) is 0.966. The first kappa shape index (κ1) is 10.7. The average Bonchev–Trinajstić information content (AvgIpc) is 2.35. The zero-order chi connectivity index (χ0) is 11.4. The van der Waals surface area contributed by atoms with Gasteiger partial charge < -0.3 is 5.11 Å². The highest BCUT2D eigenvalue weighted by Crippen LogP contribution is 2.26. The third kappa shape index (κ3) is 2.08. The molecule has 80 valence electrons. The van der Waals surface area contributed by atoms with Gasteiger partial charge in [0.1, 0.15) is 0 Å². The lowest BCUT2D eigenvalue weighted by atomic mass is 9.98. The van der Waals surface area contributed by atoms with Crippen LogP contribution in [0.15, 0.2) is 42.5 Å². The lowest BCUT2D eigenvalue weighted by molar-refractivity contribution is 0.171. The van der Waals surface area contributed by atoms with E-state index in [2.05, 4.69) is 5.92 Å². The summed E-state index contributed by atoms with van der Waals surface area (Å²) < 4.78 is 0. The maximum absolute atomic E-state index is 10.1. The second-order valence-corrected chi connectivity index (χ2v) is 3.83. The number of hydrogen-bond donors (Lipinski definition) is 1. The predicted octanol–water partition coefficient (Wildman–Crippen LogP) is 3.29.